The van der Waals surface area contributed by atoms with Crippen LogP contribution in [0.1, 0.15) is 36.6 Å². The van der Waals surface area contributed by atoms with Crippen molar-refractivity contribution in [1.29, 1.82) is 0 Å². The Kier molecular flexibility index (Phi) is 7.50. The van der Waals surface area contributed by atoms with Crippen molar-refractivity contribution in [2.24, 2.45) is 4.99 Å². The summed E-state index contributed by atoms with van der Waals surface area (Å²) in [5.41, 5.74) is 6.18. The molecule has 2 aromatic heterocycles. The summed E-state index contributed by atoms with van der Waals surface area (Å²) in [4.78, 5) is 36.4. The predicted molar refractivity (Wildman–Crippen MR) is 168 cm³/mol. The lowest BCUT2D eigenvalue weighted by Gasteiger charge is -2.25. The topological polar surface area (TPSA) is 94.9 Å². The number of hydrogen-bond acceptors (Lipinski definition) is 7. The summed E-state index contributed by atoms with van der Waals surface area (Å²) in [6, 6.07) is 20.9. The van der Waals surface area contributed by atoms with E-state index in [9.17, 15) is 9.59 Å². The molecule has 0 unspecified atom stereocenters. The van der Waals surface area contributed by atoms with Crippen molar-refractivity contribution in [2.45, 2.75) is 26.8 Å². The highest BCUT2D eigenvalue weighted by molar-refractivity contribution is 7.07. The summed E-state index contributed by atoms with van der Waals surface area (Å²) in [5.74, 6) is 0.512. The third kappa shape index (κ3) is 4.95. The number of carbonyl (C=O) groups is 1. The number of allylic oxidation sites excluding steroid dienone is 1. The molecule has 0 saturated heterocycles. The van der Waals surface area contributed by atoms with E-state index in [1.807, 2.05) is 42.5 Å². The predicted octanol–water partition coefficient (Wildman–Crippen LogP) is 5.27. The molecule has 0 amide bonds. The van der Waals surface area contributed by atoms with Gasteiger partial charge in [0.25, 0.3) is 5.56 Å². The van der Waals surface area contributed by atoms with Crippen molar-refractivity contribution in [3.8, 4) is 22.8 Å². The molecule has 8 nitrogen and oxygen atoms in total. The van der Waals surface area contributed by atoms with Crippen LogP contribution in [0.3, 0.4) is 0 Å². The molecule has 218 valence electrons. The highest BCUT2D eigenvalue weighted by atomic mass is 32.1. The lowest BCUT2D eigenvalue weighted by atomic mass is 9.95. The Morgan fingerprint density at radius 2 is 1.79 bits per heavy atom. The summed E-state index contributed by atoms with van der Waals surface area (Å²) in [5, 5.41) is 1.02. The van der Waals surface area contributed by atoms with Crippen molar-refractivity contribution in [1.82, 2.24) is 9.55 Å². The largest absolute Gasteiger partial charge is 0.493 e. The number of hydrogen-bond donors (Lipinski definition) is 1. The molecule has 43 heavy (non-hydrogen) atoms. The van der Waals surface area contributed by atoms with Gasteiger partial charge >= 0.3 is 5.97 Å². The summed E-state index contributed by atoms with van der Waals surface area (Å²) in [7, 11) is 3.11. The number of thiazole rings is 1. The number of aryl methyl sites for hydroxylation is 1. The van der Waals surface area contributed by atoms with Gasteiger partial charge in [0.1, 0.15) is 0 Å². The van der Waals surface area contributed by atoms with E-state index in [2.05, 4.69) is 30.1 Å². The summed E-state index contributed by atoms with van der Waals surface area (Å²) in [6.07, 6.45) is 1.93. The van der Waals surface area contributed by atoms with Gasteiger partial charge in [-0.15, -0.1) is 0 Å². The van der Waals surface area contributed by atoms with Gasteiger partial charge in [0, 0.05) is 16.5 Å². The number of rotatable bonds is 7. The smallest absolute Gasteiger partial charge is 0.338 e. The fraction of sp³-hybridized carbons (Fsp3) is 0.206. The molecule has 5 aromatic rings. The average molecular weight is 594 g/mol. The van der Waals surface area contributed by atoms with Crippen LogP contribution in [0.5, 0.6) is 11.5 Å². The van der Waals surface area contributed by atoms with E-state index < -0.39 is 12.0 Å². The van der Waals surface area contributed by atoms with Crippen LogP contribution in [0.25, 0.3) is 28.2 Å². The van der Waals surface area contributed by atoms with Gasteiger partial charge in [0.05, 0.1) is 48.4 Å². The average Bonchev–Trinajstić information content (AvgIpc) is 3.52. The van der Waals surface area contributed by atoms with Gasteiger partial charge in [0.2, 0.25) is 0 Å². The van der Waals surface area contributed by atoms with Gasteiger partial charge in [-0.2, -0.15) is 0 Å². The maximum absolute atomic E-state index is 14.3. The first-order valence-electron chi connectivity index (χ1n) is 13.9. The summed E-state index contributed by atoms with van der Waals surface area (Å²) in [6.45, 7) is 5.77. The number of aromatic amines is 1. The van der Waals surface area contributed by atoms with Gasteiger partial charge < -0.3 is 19.2 Å². The molecule has 1 aliphatic heterocycles. The Balaban J connectivity index is 1.62. The van der Waals surface area contributed by atoms with E-state index >= 15 is 0 Å². The van der Waals surface area contributed by atoms with Gasteiger partial charge in [-0.25, -0.2) is 9.79 Å². The number of esters is 1. The fourth-order valence-electron chi connectivity index (χ4n) is 5.57. The van der Waals surface area contributed by atoms with Crippen molar-refractivity contribution < 1.29 is 19.0 Å². The molecule has 1 aliphatic rings. The number of nitrogens with one attached hydrogen (secondary N) is 1. The Bertz CT molecular complexity index is 2090. The van der Waals surface area contributed by atoms with Crippen LogP contribution in [0.15, 0.2) is 87.8 Å². The molecule has 0 spiro atoms. The van der Waals surface area contributed by atoms with Crippen LogP contribution in [0, 0.1) is 6.92 Å². The Morgan fingerprint density at radius 3 is 2.51 bits per heavy atom. The van der Waals surface area contributed by atoms with Crippen LogP contribution in [0.4, 0.5) is 0 Å². The maximum Gasteiger partial charge on any atom is 0.338 e. The second-order valence-corrected chi connectivity index (χ2v) is 11.3. The minimum absolute atomic E-state index is 0.195. The monoisotopic (exact) mass is 593 g/mol. The maximum atomic E-state index is 14.3. The van der Waals surface area contributed by atoms with E-state index in [1.165, 1.54) is 11.3 Å². The van der Waals surface area contributed by atoms with E-state index in [0.717, 1.165) is 33.3 Å². The number of H-pyrrole nitrogens is 1. The molecule has 1 N–H and O–H groups in total. The summed E-state index contributed by atoms with van der Waals surface area (Å²) < 4.78 is 18.5. The zero-order valence-electron chi connectivity index (χ0n) is 24.6. The van der Waals surface area contributed by atoms with Gasteiger partial charge in [-0.1, -0.05) is 59.4 Å². The lowest BCUT2D eigenvalue weighted by Crippen LogP contribution is -2.40. The first kappa shape index (κ1) is 28.2. The van der Waals surface area contributed by atoms with Crippen LogP contribution in [0.2, 0.25) is 0 Å². The van der Waals surface area contributed by atoms with Crippen LogP contribution < -0.4 is 24.4 Å². The van der Waals surface area contributed by atoms with Crippen molar-refractivity contribution in [3.63, 3.8) is 0 Å². The van der Waals surface area contributed by atoms with Gasteiger partial charge in [0.15, 0.2) is 16.3 Å². The van der Waals surface area contributed by atoms with Gasteiger partial charge in [-0.05, 0) is 62.2 Å². The molecule has 3 heterocycles. The molecule has 1 atom stereocenters. The Labute approximate surface area is 252 Å². The molecule has 0 bridgehead atoms. The normalized spacial score (nSPS) is 14.9. The minimum Gasteiger partial charge on any atom is -0.493 e. The number of aromatic nitrogens is 2. The lowest BCUT2D eigenvalue weighted by molar-refractivity contribution is -0.139. The minimum atomic E-state index is -0.768. The number of carbonyl (C=O) groups excluding carboxylic acids is 1. The zero-order valence-corrected chi connectivity index (χ0v) is 25.4. The van der Waals surface area contributed by atoms with E-state index in [0.29, 0.717) is 37.7 Å². The molecule has 6 rings (SSSR count). The fourth-order valence-corrected chi connectivity index (χ4v) is 6.60. The highest BCUT2D eigenvalue weighted by Gasteiger charge is 2.34. The number of benzene rings is 3. The number of nitrogens with zero attached hydrogens (tertiary/aromatic N) is 2. The van der Waals surface area contributed by atoms with E-state index in [1.54, 1.807) is 44.8 Å². The molecule has 0 aliphatic carbocycles. The molecular formula is C34H31N3O5S. The quantitative estimate of drug-likeness (QED) is 0.260. The summed E-state index contributed by atoms with van der Waals surface area (Å²) >= 11 is 1.30. The molecule has 3 aromatic carbocycles. The SMILES string of the molecule is CCOC(=O)C1=C(C)N=c2s/c(=C/c3c(-c4ccccc4)[nH]c4ccc(C)cc34)c(=O)n2[C@H]1c1ccc(OC)c(OC)c1. The second-order valence-electron chi connectivity index (χ2n) is 10.2. The molecular weight excluding hydrogens is 562 g/mol. The first-order valence-corrected chi connectivity index (χ1v) is 14.8. The van der Waals surface area contributed by atoms with Crippen molar-refractivity contribution in [2.75, 3.05) is 20.8 Å². The standard InChI is InChI=1S/C34H31N3O5S/c1-6-42-33(39)29-20(3)35-34-37(31(29)22-13-15-26(40-4)27(17-22)41-5)32(38)28(43-34)18-24-23-16-19(2)12-14-25(23)36-30(24)21-10-8-7-9-11-21/h7-18,31,36H,6H2,1-5H3/b28-18+/t31-/m0/s1. The molecule has 9 heteroatoms. The first-order chi connectivity index (χ1) is 20.8. The third-order valence-electron chi connectivity index (χ3n) is 7.57. The number of fused-ring (bicyclic) bond motifs is 2. The Hall–Kier alpha value is -4.89. The van der Waals surface area contributed by atoms with Crippen LogP contribution in [-0.4, -0.2) is 36.3 Å². The molecule has 0 radical (unpaired) electrons. The molecule has 0 saturated carbocycles. The van der Waals surface area contributed by atoms with Crippen molar-refractivity contribution >= 4 is 34.3 Å². The van der Waals surface area contributed by atoms with Crippen LogP contribution in [-0.2, 0) is 9.53 Å². The van der Waals surface area contributed by atoms with E-state index in [-0.39, 0.29) is 12.2 Å². The van der Waals surface area contributed by atoms with Crippen LogP contribution >= 0.6 is 11.3 Å². The highest BCUT2D eigenvalue weighted by Crippen LogP contribution is 2.36. The number of ether oxygens (including phenoxy) is 3. The van der Waals surface area contributed by atoms with Gasteiger partial charge in [-0.3, -0.25) is 9.36 Å². The van der Waals surface area contributed by atoms with Crippen molar-refractivity contribution in [3.05, 3.63) is 114 Å². The Morgan fingerprint density at radius 1 is 1.02 bits per heavy atom. The zero-order chi connectivity index (χ0) is 30.2. The second kappa shape index (κ2) is 11.4. The number of methoxy groups -OCH3 is 2. The third-order valence-corrected chi connectivity index (χ3v) is 8.56. The molecule has 0 fully saturated rings. The van der Waals surface area contributed by atoms with E-state index in [4.69, 9.17) is 19.2 Å².